The molecule has 1 fully saturated rings. The summed E-state index contributed by atoms with van der Waals surface area (Å²) in [7, 11) is 0. The fourth-order valence-electron chi connectivity index (χ4n) is 5.40. The molecule has 2 atom stereocenters. The maximum absolute atomic E-state index is 15.0. The second kappa shape index (κ2) is 9.53. The minimum Gasteiger partial charge on any atom is -0.507 e. The zero-order valence-electron chi connectivity index (χ0n) is 21.0. The predicted molar refractivity (Wildman–Crippen MR) is 139 cm³/mol. The van der Waals surface area contributed by atoms with Crippen LogP contribution in [0.1, 0.15) is 23.1 Å². The normalized spacial score (nSPS) is 20.5. The minimum atomic E-state index is -0.724. The number of halogens is 2. The molecule has 3 aromatic rings. The van der Waals surface area contributed by atoms with Gasteiger partial charge in [-0.05, 0) is 25.1 Å². The molecule has 2 aromatic heterocycles. The zero-order chi connectivity index (χ0) is 27.4. The van der Waals surface area contributed by atoms with E-state index in [4.69, 9.17) is 21.3 Å². The summed E-state index contributed by atoms with van der Waals surface area (Å²) in [5, 5.41) is 14.7. The molecule has 39 heavy (non-hydrogen) atoms. The highest BCUT2D eigenvalue weighted by Gasteiger charge is 2.42. The minimum absolute atomic E-state index is 0.0450. The highest BCUT2D eigenvalue weighted by molar-refractivity contribution is 6.35. The van der Waals surface area contributed by atoms with Crippen molar-refractivity contribution in [3.8, 4) is 22.8 Å². The van der Waals surface area contributed by atoms with Gasteiger partial charge in [0.25, 0.3) is 5.91 Å². The molecule has 11 nitrogen and oxygen atoms in total. The number of piperazine rings is 1. The topological polar surface area (TPSA) is 117 Å². The van der Waals surface area contributed by atoms with E-state index in [1.807, 2.05) is 11.8 Å². The van der Waals surface area contributed by atoms with Gasteiger partial charge in [0.05, 0.1) is 24.7 Å². The Kier molecular flexibility index (Phi) is 6.13. The van der Waals surface area contributed by atoms with Crippen molar-refractivity contribution in [2.75, 3.05) is 31.1 Å². The van der Waals surface area contributed by atoms with Crippen LogP contribution in [0.15, 0.2) is 37.2 Å². The van der Waals surface area contributed by atoms with Gasteiger partial charge in [0.15, 0.2) is 5.75 Å². The van der Waals surface area contributed by atoms with E-state index in [1.165, 1.54) is 30.6 Å². The quantitative estimate of drug-likeness (QED) is 0.492. The van der Waals surface area contributed by atoms with E-state index in [0.29, 0.717) is 18.9 Å². The lowest BCUT2D eigenvalue weighted by atomic mass is 10.0. The molecule has 1 aromatic carbocycles. The SMILES string of the molecule is C=CC(=O)N1CCN2C(=O)c3c(N4Cc5ncnn5C[C@@H]4C)nc(-c4c(O)cccc4F)c(Cl)c3OC[C@H]2C1. The third-order valence-corrected chi connectivity index (χ3v) is 7.77. The number of ether oxygens (including phenoxy) is 1. The second-order valence-electron chi connectivity index (χ2n) is 9.72. The fourth-order valence-corrected chi connectivity index (χ4v) is 5.69. The van der Waals surface area contributed by atoms with Crippen LogP contribution >= 0.6 is 11.6 Å². The van der Waals surface area contributed by atoms with Crippen LogP contribution in [0.4, 0.5) is 10.2 Å². The summed E-state index contributed by atoms with van der Waals surface area (Å²) < 4.78 is 23.0. The Morgan fingerprint density at radius 2 is 2.08 bits per heavy atom. The predicted octanol–water partition coefficient (Wildman–Crippen LogP) is 2.48. The molecule has 1 saturated heterocycles. The van der Waals surface area contributed by atoms with Gasteiger partial charge in [-0.25, -0.2) is 19.0 Å². The average Bonchev–Trinajstić information content (AvgIpc) is 3.32. The lowest BCUT2D eigenvalue weighted by Crippen LogP contribution is -2.57. The fraction of sp³-hybridized carbons (Fsp3) is 0.346. The van der Waals surface area contributed by atoms with Gasteiger partial charge in [-0.2, -0.15) is 5.10 Å². The Labute approximate surface area is 228 Å². The number of nitrogens with zero attached hydrogens (tertiary/aromatic N) is 7. The van der Waals surface area contributed by atoms with Gasteiger partial charge in [0.2, 0.25) is 5.91 Å². The largest absolute Gasteiger partial charge is 0.507 e. The second-order valence-corrected chi connectivity index (χ2v) is 10.1. The number of benzene rings is 1. The number of hydrogen-bond donors (Lipinski definition) is 1. The van der Waals surface area contributed by atoms with Crippen LogP contribution in [0.3, 0.4) is 0 Å². The molecule has 0 bridgehead atoms. The Balaban J connectivity index is 1.52. The van der Waals surface area contributed by atoms with E-state index >= 15 is 4.39 Å². The third kappa shape index (κ3) is 4.06. The lowest BCUT2D eigenvalue weighted by molar-refractivity contribution is -0.128. The first-order chi connectivity index (χ1) is 18.8. The first kappa shape index (κ1) is 25.1. The van der Waals surface area contributed by atoms with Crippen molar-refractivity contribution >= 4 is 29.2 Å². The summed E-state index contributed by atoms with van der Waals surface area (Å²) >= 11 is 6.79. The van der Waals surface area contributed by atoms with Gasteiger partial charge < -0.3 is 24.5 Å². The van der Waals surface area contributed by atoms with Crippen molar-refractivity contribution in [2.45, 2.75) is 32.1 Å². The van der Waals surface area contributed by atoms with E-state index in [0.717, 1.165) is 0 Å². The monoisotopic (exact) mass is 553 g/mol. The molecule has 2 amide bonds. The Hall–Kier alpha value is -4.19. The highest BCUT2D eigenvalue weighted by atomic mass is 35.5. The third-order valence-electron chi connectivity index (χ3n) is 7.42. The molecule has 0 saturated carbocycles. The highest BCUT2D eigenvalue weighted by Crippen LogP contribution is 2.46. The molecule has 13 heteroatoms. The van der Waals surface area contributed by atoms with Crippen molar-refractivity contribution in [2.24, 2.45) is 0 Å². The first-order valence-corrected chi connectivity index (χ1v) is 12.9. The molecule has 0 radical (unpaired) electrons. The molecule has 5 heterocycles. The van der Waals surface area contributed by atoms with Gasteiger partial charge in [-0.1, -0.05) is 24.2 Å². The number of aromatic hydroxyl groups is 1. The van der Waals surface area contributed by atoms with Crippen molar-refractivity contribution in [1.82, 2.24) is 29.5 Å². The van der Waals surface area contributed by atoms with Gasteiger partial charge in [0, 0.05) is 25.7 Å². The number of fused-ring (bicyclic) bond motifs is 3. The molecule has 3 aliphatic rings. The maximum Gasteiger partial charge on any atom is 0.261 e. The average molecular weight is 554 g/mol. The molecule has 1 N–H and O–H groups in total. The number of amides is 2. The summed E-state index contributed by atoms with van der Waals surface area (Å²) in [6.07, 6.45) is 2.71. The number of hydrogen-bond acceptors (Lipinski definition) is 8. The summed E-state index contributed by atoms with van der Waals surface area (Å²) in [5.74, 6) is -0.691. The summed E-state index contributed by atoms with van der Waals surface area (Å²) in [6.45, 7) is 7.20. The Bertz CT molecular complexity index is 1490. The standard InChI is InChI=1S/C26H25ClFN7O4/c1-3-19(37)32-7-8-33-15(10-32)12-39-24-21(26(33)38)25(34-11-18-29-13-30-35(18)9-14(34)2)31-23(22(24)27)20-16(28)5-4-6-17(20)36/h3-6,13-15,36H,1,7-12H2,2H3/t14-,15+/m0/s1. The zero-order valence-corrected chi connectivity index (χ0v) is 21.8. The molecule has 3 aliphatic heterocycles. The number of aromatic nitrogens is 4. The first-order valence-electron chi connectivity index (χ1n) is 12.5. The van der Waals surface area contributed by atoms with Crippen LogP contribution < -0.4 is 9.64 Å². The lowest BCUT2D eigenvalue weighted by Gasteiger charge is -2.40. The molecular weight excluding hydrogens is 529 g/mol. The smallest absolute Gasteiger partial charge is 0.261 e. The van der Waals surface area contributed by atoms with Gasteiger partial charge in [-0.15, -0.1) is 0 Å². The summed E-state index contributed by atoms with van der Waals surface area (Å²) in [5.41, 5.74) is -0.0954. The molecule has 6 rings (SSSR count). The molecule has 0 unspecified atom stereocenters. The molecular formula is C26H25ClFN7O4. The van der Waals surface area contributed by atoms with E-state index in [-0.39, 0.29) is 83.3 Å². The number of carbonyl (C=O) groups excluding carboxylic acids is 2. The van der Waals surface area contributed by atoms with Crippen LogP contribution in [-0.2, 0) is 17.9 Å². The van der Waals surface area contributed by atoms with Crippen molar-refractivity contribution in [3.05, 3.63) is 59.4 Å². The molecule has 0 aliphatic carbocycles. The number of pyridine rings is 1. The van der Waals surface area contributed by atoms with E-state index < -0.39 is 11.9 Å². The van der Waals surface area contributed by atoms with E-state index in [2.05, 4.69) is 16.7 Å². The summed E-state index contributed by atoms with van der Waals surface area (Å²) in [4.78, 5) is 40.7. The molecule has 202 valence electrons. The number of carbonyl (C=O) groups is 2. The van der Waals surface area contributed by atoms with E-state index in [9.17, 15) is 14.7 Å². The maximum atomic E-state index is 15.0. The number of rotatable bonds is 3. The van der Waals surface area contributed by atoms with Crippen molar-refractivity contribution in [1.29, 1.82) is 0 Å². The van der Waals surface area contributed by atoms with Crippen LogP contribution in [0.5, 0.6) is 11.5 Å². The Morgan fingerprint density at radius 3 is 2.85 bits per heavy atom. The van der Waals surface area contributed by atoms with Crippen molar-refractivity contribution in [3.63, 3.8) is 0 Å². The molecule has 0 spiro atoms. The van der Waals surface area contributed by atoms with Crippen molar-refractivity contribution < 1.29 is 23.8 Å². The van der Waals surface area contributed by atoms with Crippen LogP contribution in [0, 0.1) is 5.82 Å². The van der Waals surface area contributed by atoms with Gasteiger partial charge >= 0.3 is 0 Å². The Morgan fingerprint density at radius 1 is 1.26 bits per heavy atom. The van der Waals surface area contributed by atoms with Gasteiger partial charge in [-0.3, -0.25) is 9.59 Å². The number of anilines is 1. The van der Waals surface area contributed by atoms with E-state index in [1.54, 1.807) is 14.5 Å². The number of phenolic OH excluding ortho intramolecular Hbond substituents is 1. The van der Waals surface area contributed by atoms with Gasteiger partial charge in [0.1, 0.15) is 52.4 Å². The van der Waals surface area contributed by atoms with Crippen LogP contribution in [0.25, 0.3) is 11.3 Å². The number of phenols is 1. The van der Waals surface area contributed by atoms with Crippen LogP contribution in [0.2, 0.25) is 5.02 Å². The van der Waals surface area contributed by atoms with Crippen LogP contribution in [-0.4, -0.2) is 84.8 Å². The summed E-state index contributed by atoms with van der Waals surface area (Å²) in [6, 6.07) is 3.29.